The molecule has 2 aromatic heterocycles. The molecule has 0 aliphatic rings. The first-order chi connectivity index (χ1) is 6.57. The van der Waals surface area contributed by atoms with Gasteiger partial charge in [0.1, 0.15) is 0 Å². The van der Waals surface area contributed by atoms with Gasteiger partial charge in [-0.2, -0.15) is 0 Å². The Morgan fingerprint density at radius 2 is 1.93 bits per heavy atom. The van der Waals surface area contributed by atoms with Crippen molar-refractivity contribution in [3.63, 3.8) is 0 Å². The standard InChI is InChI=1S/C12H14N2/c1-12(2,3)11-7-9-5-4-6-13-10(9)8-14-11/h4-8H,1-3H3. The molecule has 2 heteroatoms. The minimum absolute atomic E-state index is 0.101. The first-order valence-electron chi connectivity index (χ1n) is 4.78. The summed E-state index contributed by atoms with van der Waals surface area (Å²) in [6.45, 7) is 6.49. The summed E-state index contributed by atoms with van der Waals surface area (Å²) in [4.78, 5) is 8.66. The number of nitrogens with zero attached hydrogens (tertiary/aromatic N) is 2. The van der Waals surface area contributed by atoms with E-state index in [0.29, 0.717) is 0 Å². The van der Waals surface area contributed by atoms with E-state index in [1.54, 1.807) is 6.20 Å². The molecule has 0 fully saturated rings. The predicted molar refractivity (Wildman–Crippen MR) is 58.2 cm³/mol. The van der Waals surface area contributed by atoms with Crippen LogP contribution in [-0.4, -0.2) is 9.97 Å². The van der Waals surface area contributed by atoms with Crippen LogP contribution in [0.5, 0.6) is 0 Å². The molecule has 72 valence electrons. The van der Waals surface area contributed by atoms with E-state index < -0.39 is 0 Å². The maximum Gasteiger partial charge on any atom is 0.0885 e. The molecule has 0 aromatic carbocycles. The topological polar surface area (TPSA) is 25.8 Å². The van der Waals surface area contributed by atoms with Crippen molar-refractivity contribution in [2.24, 2.45) is 0 Å². The van der Waals surface area contributed by atoms with Crippen LogP contribution in [0.1, 0.15) is 26.5 Å². The highest BCUT2D eigenvalue weighted by Crippen LogP contribution is 2.22. The third-order valence-corrected chi connectivity index (χ3v) is 2.26. The second-order valence-corrected chi connectivity index (χ2v) is 4.52. The van der Waals surface area contributed by atoms with Crippen molar-refractivity contribution in [3.8, 4) is 0 Å². The molecule has 2 heterocycles. The number of pyridine rings is 2. The number of fused-ring (bicyclic) bond motifs is 1. The van der Waals surface area contributed by atoms with Gasteiger partial charge in [-0.15, -0.1) is 0 Å². The first kappa shape index (κ1) is 9.13. The minimum Gasteiger partial charge on any atom is -0.258 e. The van der Waals surface area contributed by atoms with Gasteiger partial charge < -0.3 is 0 Å². The molecule has 0 atom stereocenters. The van der Waals surface area contributed by atoms with Crippen LogP contribution < -0.4 is 0 Å². The number of hydrogen-bond donors (Lipinski definition) is 0. The van der Waals surface area contributed by atoms with Gasteiger partial charge in [-0.1, -0.05) is 26.8 Å². The van der Waals surface area contributed by atoms with Gasteiger partial charge in [0.05, 0.1) is 11.7 Å². The Bertz CT molecular complexity index is 455. The van der Waals surface area contributed by atoms with Crippen molar-refractivity contribution >= 4 is 10.9 Å². The first-order valence-corrected chi connectivity index (χ1v) is 4.78. The van der Waals surface area contributed by atoms with Crippen molar-refractivity contribution in [2.75, 3.05) is 0 Å². The maximum absolute atomic E-state index is 4.42. The van der Waals surface area contributed by atoms with Crippen molar-refractivity contribution in [1.29, 1.82) is 0 Å². The Hall–Kier alpha value is -1.44. The summed E-state index contributed by atoms with van der Waals surface area (Å²) in [5.74, 6) is 0. The van der Waals surface area contributed by atoms with E-state index in [0.717, 1.165) is 16.6 Å². The monoisotopic (exact) mass is 186 g/mol. The minimum atomic E-state index is 0.101. The van der Waals surface area contributed by atoms with Crippen LogP contribution >= 0.6 is 0 Å². The molecular weight excluding hydrogens is 172 g/mol. The van der Waals surface area contributed by atoms with Gasteiger partial charge in [0.25, 0.3) is 0 Å². The van der Waals surface area contributed by atoms with Crippen LogP contribution in [0.25, 0.3) is 10.9 Å². The molecule has 14 heavy (non-hydrogen) atoms. The molecule has 0 N–H and O–H groups in total. The Kier molecular flexibility index (Phi) is 1.99. The van der Waals surface area contributed by atoms with Gasteiger partial charge in [0, 0.05) is 22.7 Å². The quantitative estimate of drug-likeness (QED) is 0.632. The van der Waals surface area contributed by atoms with Crippen LogP contribution in [0.3, 0.4) is 0 Å². The van der Waals surface area contributed by atoms with Crippen molar-refractivity contribution < 1.29 is 0 Å². The number of aromatic nitrogens is 2. The second-order valence-electron chi connectivity index (χ2n) is 4.52. The van der Waals surface area contributed by atoms with Crippen LogP contribution in [-0.2, 0) is 5.41 Å². The van der Waals surface area contributed by atoms with Crippen molar-refractivity contribution in [2.45, 2.75) is 26.2 Å². The van der Waals surface area contributed by atoms with E-state index in [4.69, 9.17) is 0 Å². The third kappa shape index (κ3) is 1.60. The van der Waals surface area contributed by atoms with Crippen molar-refractivity contribution in [1.82, 2.24) is 9.97 Å². The van der Waals surface area contributed by atoms with E-state index in [-0.39, 0.29) is 5.41 Å². The number of rotatable bonds is 0. The average Bonchev–Trinajstić information content (AvgIpc) is 2.16. The predicted octanol–water partition coefficient (Wildman–Crippen LogP) is 2.93. The van der Waals surface area contributed by atoms with E-state index >= 15 is 0 Å². The molecule has 0 saturated carbocycles. The van der Waals surface area contributed by atoms with Gasteiger partial charge in [0.15, 0.2) is 0 Å². The molecule has 0 amide bonds. The SMILES string of the molecule is CC(C)(C)c1cc2cccnc2cn1. The van der Waals surface area contributed by atoms with Gasteiger partial charge in [-0.3, -0.25) is 9.97 Å². The lowest BCUT2D eigenvalue weighted by Gasteiger charge is -2.17. The van der Waals surface area contributed by atoms with E-state index in [9.17, 15) is 0 Å². The molecule has 0 aliphatic heterocycles. The van der Waals surface area contributed by atoms with Crippen LogP contribution in [0.2, 0.25) is 0 Å². The second kappa shape index (κ2) is 3.05. The Morgan fingerprint density at radius 1 is 1.14 bits per heavy atom. The van der Waals surface area contributed by atoms with Crippen LogP contribution in [0, 0.1) is 0 Å². The zero-order chi connectivity index (χ0) is 10.2. The fourth-order valence-electron chi connectivity index (χ4n) is 1.39. The van der Waals surface area contributed by atoms with Gasteiger partial charge >= 0.3 is 0 Å². The summed E-state index contributed by atoms with van der Waals surface area (Å²) in [6, 6.07) is 6.14. The lowest BCUT2D eigenvalue weighted by atomic mass is 9.91. The molecule has 0 saturated heterocycles. The highest BCUT2D eigenvalue weighted by molar-refractivity contribution is 5.77. The summed E-state index contributed by atoms with van der Waals surface area (Å²) in [6.07, 6.45) is 3.64. The molecule has 0 unspecified atom stereocenters. The summed E-state index contributed by atoms with van der Waals surface area (Å²) in [5.41, 5.74) is 2.17. The number of hydrogen-bond acceptors (Lipinski definition) is 2. The molecule has 2 aromatic rings. The molecule has 0 bridgehead atoms. The summed E-state index contributed by atoms with van der Waals surface area (Å²) in [5, 5.41) is 1.16. The molecule has 2 rings (SSSR count). The average molecular weight is 186 g/mol. The zero-order valence-electron chi connectivity index (χ0n) is 8.78. The van der Waals surface area contributed by atoms with Crippen LogP contribution in [0.4, 0.5) is 0 Å². The molecule has 0 aliphatic carbocycles. The third-order valence-electron chi connectivity index (χ3n) is 2.26. The molecule has 0 spiro atoms. The van der Waals surface area contributed by atoms with Crippen molar-refractivity contribution in [3.05, 3.63) is 36.3 Å². The van der Waals surface area contributed by atoms with Gasteiger partial charge in [-0.25, -0.2) is 0 Å². The van der Waals surface area contributed by atoms with Gasteiger partial charge in [0.2, 0.25) is 0 Å². The zero-order valence-corrected chi connectivity index (χ0v) is 8.78. The smallest absolute Gasteiger partial charge is 0.0885 e. The Balaban J connectivity index is 2.63. The Labute approximate surface area is 84.0 Å². The molecular formula is C12H14N2. The molecule has 0 radical (unpaired) electrons. The normalized spacial score (nSPS) is 11.9. The summed E-state index contributed by atoms with van der Waals surface area (Å²) >= 11 is 0. The summed E-state index contributed by atoms with van der Waals surface area (Å²) < 4.78 is 0. The van der Waals surface area contributed by atoms with E-state index in [2.05, 4.69) is 42.9 Å². The fraction of sp³-hybridized carbons (Fsp3) is 0.333. The van der Waals surface area contributed by atoms with E-state index in [1.165, 1.54) is 0 Å². The maximum atomic E-state index is 4.42. The molecule has 2 nitrogen and oxygen atoms in total. The highest BCUT2D eigenvalue weighted by atomic mass is 14.7. The highest BCUT2D eigenvalue weighted by Gasteiger charge is 2.15. The largest absolute Gasteiger partial charge is 0.258 e. The summed E-state index contributed by atoms with van der Waals surface area (Å²) in [7, 11) is 0. The van der Waals surface area contributed by atoms with E-state index in [1.807, 2.05) is 12.3 Å². The van der Waals surface area contributed by atoms with Crippen LogP contribution in [0.15, 0.2) is 30.6 Å². The van der Waals surface area contributed by atoms with Gasteiger partial charge in [-0.05, 0) is 12.1 Å². The lowest BCUT2D eigenvalue weighted by molar-refractivity contribution is 0.570. The lowest BCUT2D eigenvalue weighted by Crippen LogP contribution is -2.13. The fourth-order valence-corrected chi connectivity index (χ4v) is 1.39. The Morgan fingerprint density at radius 3 is 2.64 bits per heavy atom.